The fourth-order valence-corrected chi connectivity index (χ4v) is 1.47. The number of carboxylic acids is 1. The van der Waals surface area contributed by atoms with Gasteiger partial charge < -0.3 is 10.2 Å². The molecule has 2 N–H and O–H groups in total. The monoisotopic (exact) mass is 187 g/mol. The maximum absolute atomic E-state index is 10.5. The molecule has 1 unspecified atom stereocenters. The number of aliphatic hydroxyl groups is 1. The summed E-state index contributed by atoms with van der Waals surface area (Å²) < 4.78 is 0. The fourth-order valence-electron chi connectivity index (χ4n) is 0.671. The van der Waals surface area contributed by atoms with E-state index in [-0.39, 0.29) is 5.01 Å². The Morgan fingerprint density at radius 1 is 1.75 bits per heavy atom. The summed E-state index contributed by atoms with van der Waals surface area (Å²) >= 11 is 1.18. The lowest BCUT2D eigenvalue weighted by Crippen LogP contribution is -2.31. The van der Waals surface area contributed by atoms with Crippen molar-refractivity contribution in [1.82, 2.24) is 4.98 Å². The molecule has 1 heterocycles. The molecular weight excluding hydrogens is 178 g/mol. The Kier molecular flexibility index (Phi) is 2.16. The molecule has 0 aromatic carbocycles. The molecule has 0 fully saturated rings. The summed E-state index contributed by atoms with van der Waals surface area (Å²) in [6, 6.07) is 0. The van der Waals surface area contributed by atoms with Gasteiger partial charge in [-0.1, -0.05) is 0 Å². The number of aromatic nitrogens is 1. The molecule has 1 atom stereocenters. The van der Waals surface area contributed by atoms with Crippen molar-refractivity contribution in [3.05, 3.63) is 16.1 Å². The maximum atomic E-state index is 10.5. The second kappa shape index (κ2) is 2.84. The van der Waals surface area contributed by atoms with Gasteiger partial charge in [0.05, 0.1) is 0 Å². The summed E-state index contributed by atoms with van der Waals surface area (Å²) in [7, 11) is 0. The van der Waals surface area contributed by atoms with Crippen LogP contribution >= 0.6 is 11.3 Å². The van der Waals surface area contributed by atoms with Crippen LogP contribution in [-0.4, -0.2) is 21.2 Å². The highest BCUT2D eigenvalue weighted by Crippen LogP contribution is 2.24. The molecule has 0 aliphatic heterocycles. The van der Waals surface area contributed by atoms with E-state index in [4.69, 9.17) is 5.11 Å². The van der Waals surface area contributed by atoms with Crippen molar-refractivity contribution in [2.45, 2.75) is 19.4 Å². The van der Waals surface area contributed by atoms with E-state index < -0.39 is 11.6 Å². The molecule has 0 amide bonds. The van der Waals surface area contributed by atoms with Crippen LogP contribution in [0.25, 0.3) is 0 Å². The summed E-state index contributed by atoms with van der Waals surface area (Å²) in [5.41, 5.74) is -1.86. The van der Waals surface area contributed by atoms with Crippen LogP contribution in [0, 0.1) is 6.92 Å². The highest BCUT2D eigenvalue weighted by molar-refractivity contribution is 7.11. The lowest BCUT2D eigenvalue weighted by atomic mass is 10.1. The molecule has 0 saturated carbocycles. The minimum absolute atomic E-state index is 0.215. The molecule has 0 saturated heterocycles. The van der Waals surface area contributed by atoms with Crippen LogP contribution in [0.2, 0.25) is 0 Å². The van der Waals surface area contributed by atoms with Gasteiger partial charge >= 0.3 is 5.97 Å². The van der Waals surface area contributed by atoms with Gasteiger partial charge in [0.2, 0.25) is 5.60 Å². The summed E-state index contributed by atoms with van der Waals surface area (Å²) in [5.74, 6) is -1.28. The molecule has 5 heteroatoms. The van der Waals surface area contributed by atoms with Gasteiger partial charge in [-0.3, -0.25) is 0 Å². The van der Waals surface area contributed by atoms with Gasteiger partial charge in [-0.25, -0.2) is 9.78 Å². The summed E-state index contributed by atoms with van der Waals surface area (Å²) in [6.07, 6.45) is 1.54. The first kappa shape index (κ1) is 9.15. The number of carbonyl (C=O) groups is 1. The van der Waals surface area contributed by atoms with Crippen LogP contribution in [0.1, 0.15) is 16.8 Å². The van der Waals surface area contributed by atoms with Crippen molar-refractivity contribution in [2.75, 3.05) is 0 Å². The Hall–Kier alpha value is -0.940. The van der Waals surface area contributed by atoms with Gasteiger partial charge in [-0.2, -0.15) is 0 Å². The SMILES string of the molecule is Cc1cnc(C(C)(O)C(=O)O)s1. The molecule has 1 aromatic heterocycles. The first-order valence-corrected chi connectivity index (χ1v) is 4.15. The van der Waals surface area contributed by atoms with Crippen molar-refractivity contribution < 1.29 is 15.0 Å². The van der Waals surface area contributed by atoms with Crippen molar-refractivity contribution in [2.24, 2.45) is 0 Å². The average Bonchev–Trinajstić information content (AvgIpc) is 2.35. The van der Waals surface area contributed by atoms with E-state index in [2.05, 4.69) is 4.98 Å². The molecule has 66 valence electrons. The van der Waals surface area contributed by atoms with E-state index >= 15 is 0 Å². The van der Waals surface area contributed by atoms with Crippen LogP contribution < -0.4 is 0 Å². The zero-order chi connectivity index (χ0) is 9.35. The van der Waals surface area contributed by atoms with Gasteiger partial charge in [0.15, 0.2) is 0 Å². The minimum Gasteiger partial charge on any atom is -0.479 e. The Balaban J connectivity index is 3.05. The number of aliphatic carboxylic acids is 1. The highest BCUT2D eigenvalue weighted by atomic mass is 32.1. The van der Waals surface area contributed by atoms with Gasteiger partial charge in [0, 0.05) is 11.1 Å². The zero-order valence-electron chi connectivity index (χ0n) is 6.74. The quantitative estimate of drug-likeness (QED) is 0.716. The highest BCUT2D eigenvalue weighted by Gasteiger charge is 2.35. The second-order valence-corrected chi connectivity index (χ2v) is 3.89. The van der Waals surface area contributed by atoms with E-state index in [1.807, 2.05) is 0 Å². The predicted molar refractivity (Wildman–Crippen MR) is 44.1 cm³/mol. The summed E-state index contributed by atoms with van der Waals surface area (Å²) in [6.45, 7) is 3.02. The molecule has 4 nitrogen and oxygen atoms in total. The standard InChI is InChI=1S/C7H9NO3S/c1-4-3-8-5(12-4)7(2,11)6(9)10/h3,11H,1-2H3,(H,9,10). The van der Waals surface area contributed by atoms with Crippen LogP contribution in [0.5, 0.6) is 0 Å². The van der Waals surface area contributed by atoms with E-state index in [1.54, 1.807) is 6.92 Å². The number of nitrogens with zero attached hydrogens (tertiary/aromatic N) is 1. The number of carboxylic acid groups (broad SMARTS) is 1. The molecule has 0 aliphatic carbocycles. The third kappa shape index (κ3) is 1.46. The predicted octanol–water partition coefficient (Wildman–Crippen LogP) is 0.744. The minimum atomic E-state index is -1.86. The molecule has 0 aliphatic rings. The smallest absolute Gasteiger partial charge is 0.342 e. The number of rotatable bonds is 2. The molecule has 12 heavy (non-hydrogen) atoms. The van der Waals surface area contributed by atoms with Crippen molar-refractivity contribution in [3.8, 4) is 0 Å². The average molecular weight is 187 g/mol. The number of hydrogen-bond acceptors (Lipinski definition) is 4. The molecule has 1 aromatic rings. The molecule has 0 bridgehead atoms. The molecular formula is C7H9NO3S. The molecule has 0 radical (unpaired) electrons. The third-order valence-electron chi connectivity index (χ3n) is 1.45. The maximum Gasteiger partial charge on any atom is 0.342 e. The summed E-state index contributed by atoms with van der Waals surface area (Å²) in [5, 5.41) is 18.3. The number of hydrogen-bond donors (Lipinski definition) is 2. The fraction of sp³-hybridized carbons (Fsp3) is 0.429. The van der Waals surface area contributed by atoms with E-state index in [0.29, 0.717) is 0 Å². The first-order chi connectivity index (χ1) is 5.44. The lowest BCUT2D eigenvalue weighted by molar-refractivity contribution is -0.157. The topological polar surface area (TPSA) is 70.4 Å². The lowest BCUT2D eigenvalue weighted by Gasteiger charge is -2.13. The van der Waals surface area contributed by atoms with Gasteiger partial charge in [-0.05, 0) is 13.8 Å². The van der Waals surface area contributed by atoms with E-state index in [1.165, 1.54) is 24.5 Å². The Labute approximate surface area is 73.5 Å². The van der Waals surface area contributed by atoms with Crippen molar-refractivity contribution in [3.63, 3.8) is 0 Å². The number of thiazole rings is 1. The zero-order valence-corrected chi connectivity index (χ0v) is 7.55. The van der Waals surface area contributed by atoms with Crippen molar-refractivity contribution >= 4 is 17.3 Å². The van der Waals surface area contributed by atoms with Crippen LogP contribution in [0.15, 0.2) is 6.20 Å². The van der Waals surface area contributed by atoms with Gasteiger partial charge in [0.1, 0.15) is 5.01 Å². The van der Waals surface area contributed by atoms with Crippen LogP contribution in [-0.2, 0) is 10.4 Å². The van der Waals surface area contributed by atoms with Crippen LogP contribution in [0.4, 0.5) is 0 Å². The first-order valence-electron chi connectivity index (χ1n) is 3.33. The van der Waals surface area contributed by atoms with Crippen LogP contribution in [0.3, 0.4) is 0 Å². The number of aryl methyl sites for hydroxylation is 1. The van der Waals surface area contributed by atoms with E-state index in [0.717, 1.165) is 4.88 Å². The van der Waals surface area contributed by atoms with Gasteiger partial charge in [-0.15, -0.1) is 11.3 Å². The Morgan fingerprint density at radius 2 is 2.33 bits per heavy atom. The third-order valence-corrected chi connectivity index (χ3v) is 2.58. The molecule has 1 rings (SSSR count). The normalized spacial score (nSPS) is 15.6. The van der Waals surface area contributed by atoms with Gasteiger partial charge in [0.25, 0.3) is 0 Å². The molecule has 0 spiro atoms. The second-order valence-electron chi connectivity index (χ2n) is 2.65. The largest absolute Gasteiger partial charge is 0.479 e. The Morgan fingerprint density at radius 3 is 2.67 bits per heavy atom. The van der Waals surface area contributed by atoms with Crippen molar-refractivity contribution in [1.29, 1.82) is 0 Å². The summed E-state index contributed by atoms with van der Waals surface area (Å²) in [4.78, 5) is 15.2. The van der Waals surface area contributed by atoms with E-state index in [9.17, 15) is 9.90 Å². The Bertz CT molecular complexity index is 305.